The van der Waals surface area contributed by atoms with Gasteiger partial charge in [-0.1, -0.05) is 43.2 Å². The average molecular weight is 438 g/mol. The van der Waals surface area contributed by atoms with Crippen molar-refractivity contribution in [2.45, 2.75) is 70.3 Å². The molecule has 0 spiro atoms. The Bertz CT molecular complexity index is 849. The van der Waals surface area contributed by atoms with Crippen LogP contribution in [0.15, 0.2) is 29.4 Å². The first-order valence-corrected chi connectivity index (χ1v) is 11.3. The lowest BCUT2D eigenvalue weighted by Gasteiger charge is -2.26. The summed E-state index contributed by atoms with van der Waals surface area (Å²) in [5, 5.41) is 0.923. The number of aryl methyl sites for hydroxylation is 1. The highest BCUT2D eigenvalue weighted by atomic mass is 32.2. The van der Waals surface area contributed by atoms with E-state index in [9.17, 15) is 13.6 Å². The fourth-order valence-electron chi connectivity index (χ4n) is 3.84. The van der Waals surface area contributed by atoms with Crippen molar-refractivity contribution in [3.63, 3.8) is 0 Å². The molecule has 5 nitrogen and oxygen atoms in total. The predicted octanol–water partition coefficient (Wildman–Crippen LogP) is 5.36. The zero-order valence-corrected chi connectivity index (χ0v) is 18.6. The van der Waals surface area contributed by atoms with Crippen molar-refractivity contribution in [2.24, 2.45) is 0 Å². The molecule has 8 heteroatoms. The van der Waals surface area contributed by atoms with Crippen molar-refractivity contribution in [3.8, 4) is 5.75 Å². The monoisotopic (exact) mass is 437 g/mol. The van der Waals surface area contributed by atoms with E-state index in [4.69, 9.17) is 4.98 Å². The van der Waals surface area contributed by atoms with Crippen molar-refractivity contribution < 1.29 is 18.3 Å². The number of ether oxygens (including phenoxy) is 1. The summed E-state index contributed by atoms with van der Waals surface area (Å²) in [6.07, 6.45) is 6.12. The molecule has 0 radical (unpaired) electrons. The van der Waals surface area contributed by atoms with Crippen LogP contribution in [0.3, 0.4) is 0 Å². The second-order valence-electron chi connectivity index (χ2n) is 7.79. The van der Waals surface area contributed by atoms with E-state index in [1.54, 1.807) is 24.1 Å². The highest BCUT2D eigenvalue weighted by molar-refractivity contribution is 7.99. The van der Waals surface area contributed by atoms with Crippen LogP contribution in [0, 0.1) is 13.8 Å². The number of carbonyl (C=O) groups excluding carboxylic acids is 1. The SMILES string of the molecule is Cc1nc(SCC(=O)N(C)Cc2ccc(OC(F)F)cc2)n(C2CCCCC2)c1C. The predicted molar refractivity (Wildman–Crippen MR) is 114 cm³/mol. The number of halogens is 2. The van der Waals surface area contributed by atoms with Gasteiger partial charge in [0.25, 0.3) is 0 Å². The number of rotatable bonds is 8. The molecular formula is C22H29F2N3O2S. The third kappa shape index (κ3) is 5.74. The van der Waals surface area contributed by atoms with Gasteiger partial charge in [-0.05, 0) is 44.4 Å². The summed E-state index contributed by atoms with van der Waals surface area (Å²) in [6, 6.07) is 6.83. The Hall–Kier alpha value is -2.09. The van der Waals surface area contributed by atoms with Crippen molar-refractivity contribution in [1.29, 1.82) is 0 Å². The minimum absolute atomic E-state index is 0.00130. The molecule has 1 aliphatic rings. The summed E-state index contributed by atoms with van der Waals surface area (Å²) in [6.45, 7) is 1.69. The van der Waals surface area contributed by atoms with E-state index >= 15 is 0 Å². The normalized spacial score (nSPS) is 14.9. The number of hydrogen-bond acceptors (Lipinski definition) is 4. The van der Waals surface area contributed by atoms with E-state index in [0.29, 0.717) is 18.3 Å². The molecule has 30 heavy (non-hydrogen) atoms. The molecule has 1 aliphatic carbocycles. The highest BCUT2D eigenvalue weighted by Crippen LogP contribution is 2.34. The quantitative estimate of drug-likeness (QED) is 0.522. The average Bonchev–Trinajstić information content (AvgIpc) is 3.01. The van der Waals surface area contributed by atoms with Gasteiger partial charge in [-0.3, -0.25) is 4.79 Å². The van der Waals surface area contributed by atoms with Crippen LogP contribution in [0.5, 0.6) is 5.75 Å². The number of nitrogens with zero attached hydrogens (tertiary/aromatic N) is 3. The Labute approximate surface area is 180 Å². The maximum atomic E-state index is 12.7. The van der Waals surface area contributed by atoms with Crippen LogP contribution in [0.4, 0.5) is 8.78 Å². The van der Waals surface area contributed by atoms with E-state index in [0.717, 1.165) is 16.4 Å². The van der Waals surface area contributed by atoms with Gasteiger partial charge in [-0.2, -0.15) is 8.78 Å². The molecule has 0 atom stereocenters. The van der Waals surface area contributed by atoms with Crippen LogP contribution >= 0.6 is 11.8 Å². The molecule has 0 bridgehead atoms. The third-order valence-electron chi connectivity index (χ3n) is 5.61. The fourth-order valence-corrected chi connectivity index (χ4v) is 4.94. The lowest BCUT2D eigenvalue weighted by atomic mass is 9.95. The number of alkyl halides is 2. The van der Waals surface area contributed by atoms with Crippen LogP contribution in [0.1, 0.15) is 55.1 Å². The Morgan fingerprint density at radius 1 is 1.23 bits per heavy atom. The summed E-state index contributed by atoms with van der Waals surface area (Å²) in [4.78, 5) is 19.0. The molecule has 3 rings (SSSR count). The summed E-state index contributed by atoms with van der Waals surface area (Å²) < 4.78 is 31.2. The van der Waals surface area contributed by atoms with Crippen molar-refractivity contribution in [2.75, 3.05) is 12.8 Å². The molecule has 0 saturated heterocycles. The molecule has 1 heterocycles. The summed E-state index contributed by atoms with van der Waals surface area (Å²) in [5.74, 6) is 0.422. The summed E-state index contributed by atoms with van der Waals surface area (Å²) in [5.41, 5.74) is 3.07. The summed E-state index contributed by atoms with van der Waals surface area (Å²) in [7, 11) is 1.75. The number of aromatic nitrogens is 2. The van der Waals surface area contributed by atoms with Gasteiger partial charge in [-0.15, -0.1) is 0 Å². The van der Waals surface area contributed by atoms with Crippen LogP contribution in [-0.4, -0.2) is 39.8 Å². The number of thioether (sulfide) groups is 1. The zero-order valence-electron chi connectivity index (χ0n) is 17.7. The molecule has 1 amide bonds. The van der Waals surface area contributed by atoms with Gasteiger partial charge >= 0.3 is 6.61 Å². The second-order valence-corrected chi connectivity index (χ2v) is 8.73. The van der Waals surface area contributed by atoms with Gasteiger partial charge in [0.1, 0.15) is 5.75 Å². The topological polar surface area (TPSA) is 47.4 Å². The van der Waals surface area contributed by atoms with Gasteiger partial charge in [0.2, 0.25) is 5.91 Å². The molecule has 1 aromatic carbocycles. The van der Waals surface area contributed by atoms with Gasteiger partial charge in [0, 0.05) is 25.3 Å². The molecule has 164 valence electrons. The van der Waals surface area contributed by atoms with Gasteiger partial charge in [-0.25, -0.2) is 4.98 Å². The van der Waals surface area contributed by atoms with Crippen LogP contribution in [0.25, 0.3) is 0 Å². The standard InChI is InChI=1S/C22H29F2N3O2S/c1-15-16(2)27(18-7-5-4-6-8-18)22(25-15)30-14-20(28)26(3)13-17-9-11-19(12-10-17)29-21(23)24/h9-12,18,21H,4-8,13-14H2,1-3H3. The van der Waals surface area contributed by atoms with Gasteiger partial charge in [0.15, 0.2) is 5.16 Å². The first-order valence-electron chi connectivity index (χ1n) is 10.3. The number of hydrogen-bond donors (Lipinski definition) is 0. The summed E-state index contributed by atoms with van der Waals surface area (Å²) >= 11 is 1.49. The van der Waals surface area contributed by atoms with Crippen molar-refractivity contribution in [3.05, 3.63) is 41.2 Å². The number of carbonyl (C=O) groups is 1. The maximum Gasteiger partial charge on any atom is 0.387 e. The number of imidazole rings is 1. The smallest absolute Gasteiger partial charge is 0.387 e. The fraction of sp³-hybridized carbons (Fsp3) is 0.545. The zero-order chi connectivity index (χ0) is 21.7. The molecule has 1 aromatic heterocycles. The first kappa shape index (κ1) is 22.6. The highest BCUT2D eigenvalue weighted by Gasteiger charge is 2.23. The lowest BCUT2D eigenvalue weighted by molar-refractivity contribution is -0.127. The van der Waals surface area contributed by atoms with E-state index in [1.165, 1.54) is 61.7 Å². The molecule has 0 unspecified atom stereocenters. The lowest BCUT2D eigenvalue weighted by Crippen LogP contribution is -2.28. The molecule has 0 N–H and O–H groups in total. The van der Waals surface area contributed by atoms with Gasteiger partial charge < -0.3 is 14.2 Å². The molecule has 1 saturated carbocycles. The van der Waals surface area contributed by atoms with E-state index in [-0.39, 0.29) is 11.7 Å². The van der Waals surface area contributed by atoms with Crippen molar-refractivity contribution in [1.82, 2.24) is 14.5 Å². The third-order valence-corrected chi connectivity index (χ3v) is 6.55. The second kappa shape index (κ2) is 10.3. The van der Waals surface area contributed by atoms with E-state index < -0.39 is 6.61 Å². The van der Waals surface area contributed by atoms with Crippen LogP contribution in [-0.2, 0) is 11.3 Å². The molecular weight excluding hydrogens is 408 g/mol. The Kier molecular flexibility index (Phi) is 7.75. The maximum absolute atomic E-state index is 12.7. The van der Waals surface area contributed by atoms with Crippen molar-refractivity contribution >= 4 is 17.7 Å². The minimum Gasteiger partial charge on any atom is -0.435 e. The van der Waals surface area contributed by atoms with E-state index in [1.807, 2.05) is 6.92 Å². The first-order chi connectivity index (χ1) is 14.3. The van der Waals surface area contributed by atoms with Crippen LogP contribution in [0.2, 0.25) is 0 Å². The molecule has 1 fully saturated rings. The minimum atomic E-state index is -2.84. The molecule has 2 aromatic rings. The molecule has 0 aliphatic heterocycles. The Morgan fingerprint density at radius 2 is 1.90 bits per heavy atom. The Balaban J connectivity index is 1.58. The van der Waals surface area contributed by atoms with Crippen LogP contribution < -0.4 is 4.74 Å². The van der Waals surface area contributed by atoms with Gasteiger partial charge in [0.05, 0.1) is 11.4 Å². The largest absolute Gasteiger partial charge is 0.435 e. The van der Waals surface area contributed by atoms with E-state index in [2.05, 4.69) is 16.2 Å². The number of benzene rings is 1. The number of amides is 1. The Morgan fingerprint density at radius 3 is 2.53 bits per heavy atom.